The Kier molecular flexibility index (Phi) is 6.12. The number of ether oxygens (including phenoxy) is 1. The molecule has 0 bridgehead atoms. The largest absolute Gasteiger partial charge is 0.444 e. The van der Waals surface area contributed by atoms with E-state index < -0.39 is 11.7 Å². The minimum absolute atomic E-state index is 0.0533. The summed E-state index contributed by atoms with van der Waals surface area (Å²) in [7, 11) is 0. The normalized spacial score (nSPS) is 14.6. The maximum absolute atomic E-state index is 12.2. The molecule has 0 aromatic carbocycles. The summed E-state index contributed by atoms with van der Waals surface area (Å²) in [5.74, 6) is 0.486. The average Bonchev–Trinajstić information content (AvgIpc) is 2.49. The minimum Gasteiger partial charge on any atom is -0.444 e. The first kappa shape index (κ1) is 18.9. The van der Waals surface area contributed by atoms with Gasteiger partial charge in [-0.05, 0) is 51.7 Å². The summed E-state index contributed by atoms with van der Waals surface area (Å²) in [5.41, 5.74) is 0.925. The third kappa shape index (κ3) is 5.85. The Bertz CT molecular complexity index is 652. The van der Waals surface area contributed by atoms with Gasteiger partial charge in [-0.3, -0.25) is 9.69 Å². The molecule has 1 aliphatic heterocycles. The molecule has 0 fully saturated rings. The minimum atomic E-state index is -0.647. The summed E-state index contributed by atoms with van der Waals surface area (Å²) in [6, 6.07) is 3.73. The van der Waals surface area contributed by atoms with E-state index in [0.29, 0.717) is 24.2 Å². The average molecular weight is 347 g/mol. The van der Waals surface area contributed by atoms with Crippen molar-refractivity contribution in [1.29, 1.82) is 0 Å². The number of aryl methyl sites for hydroxylation is 1. The molecule has 136 valence electrons. The highest BCUT2D eigenvalue weighted by Crippen LogP contribution is 2.21. The molecule has 1 aromatic rings. The standard InChI is InChI=1S/C18H25N3O4/c1-18(2,3)25-17(24)21(10-11-22)12-14-9-8-13-6-4-5-7-15(23)20-16(13)19-14/h8-9,11H,4-7,10,12H2,1-3H3,(H,19,20,23). The number of aldehydes is 1. The Balaban J connectivity index is 2.17. The first-order valence-corrected chi connectivity index (χ1v) is 8.49. The van der Waals surface area contributed by atoms with Crippen molar-refractivity contribution in [3.05, 3.63) is 23.4 Å². The summed E-state index contributed by atoms with van der Waals surface area (Å²) in [6.45, 7) is 5.35. The van der Waals surface area contributed by atoms with Crippen LogP contribution < -0.4 is 5.32 Å². The number of anilines is 1. The summed E-state index contributed by atoms with van der Waals surface area (Å²) in [6.07, 6.45) is 3.22. The summed E-state index contributed by atoms with van der Waals surface area (Å²) >= 11 is 0. The van der Waals surface area contributed by atoms with Crippen molar-refractivity contribution in [1.82, 2.24) is 9.88 Å². The van der Waals surface area contributed by atoms with Crippen molar-refractivity contribution in [3.63, 3.8) is 0 Å². The number of pyridine rings is 1. The van der Waals surface area contributed by atoms with E-state index in [1.807, 2.05) is 12.1 Å². The second kappa shape index (κ2) is 8.09. The van der Waals surface area contributed by atoms with E-state index in [1.165, 1.54) is 4.90 Å². The number of aromatic nitrogens is 1. The quantitative estimate of drug-likeness (QED) is 0.846. The maximum Gasteiger partial charge on any atom is 0.411 e. The number of amides is 2. The SMILES string of the molecule is CC(C)(C)OC(=O)N(CC=O)Cc1ccc2c(n1)NC(=O)CCCC2. The lowest BCUT2D eigenvalue weighted by Gasteiger charge is -2.26. The van der Waals surface area contributed by atoms with Crippen LogP contribution in [0.15, 0.2) is 12.1 Å². The van der Waals surface area contributed by atoms with Crippen LogP contribution >= 0.6 is 0 Å². The van der Waals surface area contributed by atoms with Gasteiger partial charge >= 0.3 is 6.09 Å². The van der Waals surface area contributed by atoms with Crippen LogP contribution in [-0.4, -0.2) is 40.3 Å². The summed E-state index contributed by atoms with van der Waals surface area (Å²) < 4.78 is 5.32. The summed E-state index contributed by atoms with van der Waals surface area (Å²) in [4.78, 5) is 40.7. The predicted molar refractivity (Wildman–Crippen MR) is 93.1 cm³/mol. The molecule has 1 aromatic heterocycles. The van der Waals surface area contributed by atoms with E-state index >= 15 is 0 Å². The number of fused-ring (bicyclic) bond motifs is 1. The van der Waals surface area contributed by atoms with E-state index in [9.17, 15) is 14.4 Å². The lowest BCUT2D eigenvalue weighted by molar-refractivity contribution is -0.116. The molecule has 7 heteroatoms. The maximum atomic E-state index is 12.2. The molecule has 0 aliphatic carbocycles. The number of nitrogens with zero attached hydrogens (tertiary/aromatic N) is 2. The van der Waals surface area contributed by atoms with Crippen LogP contribution in [0, 0.1) is 0 Å². The third-order valence-electron chi connectivity index (χ3n) is 3.69. The number of nitrogens with one attached hydrogen (secondary N) is 1. The van der Waals surface area contributed by atoms with Crippen LogP contribution in [0.1, 0.15) is 51.3 Å². The first-order valence-electron chi connectivity index (χ1n) is 8.49. The lowest BCUT2D eigenvalue weighted by Crippen LogP contribution is -2.37. The van der Waals surface area contributed by atoms with Crippen molar-refractivity contribution in [2.75, 3.05) is 11.9 Å². The monoisotopic (exact) mass is 347 g/mol. The third-order valence-corrected chi connectivity index (χ3v) is 3.69. The highest BCUT2D eigenvalue weighted by atomic mass is 16.6. The van der Waals surface area contributed by atoms with E-state index in [-0.39, 0.29) is 19.0 Å². The molecular formula is C18H25N3O4. The second-order valence-corrected chi connectivity index (χ2v) is 7.09. The molecule has 0 radical (unpaired) electrons. The molecule has 2 rings (SSSR count). The van der Waals surface area contributed by atoms with Crippen LogP contribution in [0.4, 0.5) is 10.6 Å². The fraction of sp³-hybridized carbons (Fsp3) is 0.556. The molecule has 0 spiro atoms. The Morgan fingerprint density at radius 3 is 2.72 bits per heavy atom. The molecule has 0 unspecified atom stereocenters. The fourth-order valence-corrected chi connectivity index (χ4v) is 2.54. The Morgan fingerprint density at radius 1 is 1.32 bits per heavy atom. The molecule has 2 heterocycles. The molecule has 1 aliphatic rings. The number of hydrogen-bond acceptors (Lipinski definition) is 5. The van der Waals surface area contributed by atoms with Gasteiger partial charge in [0.25, 0.3) is 0 Å². The molecule has 0 atom stereocenters. The van der Waals surface area contributed by atoms with Gasteiger partial charge in [0.05, 0.1) is 18.8 Å². The molecular weight excluding hydrogens is 322 g/mol. The van der Waals surface area contributed by atoms with E-state index in [4.69, 9.17) is 4.74 Å². The fourth-order valence-electron chi connectivity index (χ4n) is 2.54. The van der Waals surface area contributed by atoms with E-state index in [2.05, 4.69) is 10.3 Å². The molecule has 0 saturated heterocycles. The van der Waals surface area contributed by atoms with Crippen LogP contribution in [0.25, 0.3) is 0 Å². The van der Waals surface area contributed by atoms with Crippen LogP contribution in [0.3, 0.4) is 0 Å². The van der Waals surface area contributed by atoms with Gasteiger partial charge in [0.2, 0.25) is 5.91 Å². The van der Waals surface area contributed by atoms with Gasteiger partial charge in [0.15, 0.2) is 0 Å². The number of rotatable bonds is 4. The van der Waals surface area contributed by atoms with Gasteiger partial charge in [-0.25, -0.2) is 9.78 Å². The van der Waals surface area contributed by atoms with Crippen molar-refractivity contribution in [3.8, 4) is 0 Å². The van der Waals surface area contributed by atoms with E-state index in [0.717, 1.165) is 24.8 Å². The van der Waals surface area contributed by atoms with Crippen LogP contribution in [0.2, 0.25) is 0 Å². The zero-order valence-corrected chi connectivity index (χ0v) is 15.0. The smallest absolute Gasteiger partial charge is 0.411 e. The van der Waals surface area contributed by atoms with Crippen molar-refractivity contribution >= 4 is 24.1 Å². The number of carbonyl (C=O) groups is 3. The van der Waals surface area contributed by atoms with Crippen LogP contribution in [-0.2, 0) is 27.3 Å². The van der Waals surface area contributed by atoms with Crippen molar-refractivity contribution < 1.29 is 19.1 Å². The van der Waals surface area contributed by atoms with Gasteiger partial charge in [-0.2, -0.15) is 0 Å². The summed E-state index contributed by atoms with van der Waals surface area (Å²) in [5, 5.41) is 2.82. The molecule has 0 saturated carbocycles. The van der Waals surface area contributed by atoms with E-state index in [1.54, 1.807) is 20.8 Å². The molecule has 2 amide bonds. The predicted octanol–water partition coefficient (Wildman–Crippen LogP) is 2.68. The Morgan fingerprint density at radius 2 is 2.04 bits per heavy atom. The van der Waals surface area contributed by atoms with Crippen LogP contribution in [0.5, 0.6) is 0 Å². The van der Waals surface area contributed by atoms with Crippen molar-refractivity contribution in [2.45, 2.75) is 58.6 Å². The van der Waals surface area contributed by atoms with Gasteiger partial charge in [-0.1, -0.05) is 6.07 Å². The Labute approximate surface area is 147 Å². The van der Waals surface area contributed by atoms with Gasteiger partial charge < -0.3 is 14.8 Å². The van der Waals surface area contributed by atoms with Gasteiger partial charge in [0.1, 0.15) is 17.7 Å². The number of hydrogen-bond donors (Lipinski definition) is 1. The Hall–Kier alpha value is -2.44. The zero-order valence-electron chi connectivity index (χ0n) is 15.0. The highest BCUT2D eigenvalue weighted by Gasteiger charge is 2.23. The van der Waals surface area contributed by atoms with Gasteiger partial charge in [0, 0.05) is 6.42 Å². The lowest BCUT2D eigenvalue weighted by atomic mass is 10.0. The zero-order chi connectivity index (χ0) is 18.4. The topological polar surface area (TPSA) is 88.6 Å². The molecule has 7 nitrogen and oxygen atoms in total. The second-order valence-electron chi connectivity index (χ2n) is 7.09. The molecule has 25 heavy (non-hydrogen) atoms. The molecule has 1 N–H and O–H groups in total. The number of carbonyl (C=O) groups excluding carboxylic acids is 3. The van der Waals surface area contributed by atoms with Gasteiger partial charge in [-0.15, -0.1) is 0 Å². The van der Waals surface area contributed by atoms with Crippen molar-refractivity contribution in [2.24, 2.45) is 0 Å². The first-order chi connectivity index (χ1) is 11.8. The highest BCUT2D eigenvalue weighted by molar-refractivity contribution is 5.90.